The zero-order valence-corrected chi connectivity index (χ0v) is 17.5. The quantitative estimate of drug-likeness (QED) is 0.697. The highest BCUT2D eigenvalue weighted by molar-refractivity contribution is 7.99. The van der Waals surface area contributed by atoms with Gasteiger partial charge in [0.2, 0.25) is 11.9 Å². The lowest BCUT2D eigenvalue weighted by atomic mass is 10.0. The molecule has 1 aliphatic carbocycles. The maximum atomic E-state index is 12.4. The normalized spacial score (nSPS) is 17.2. The number of aromatic nitrogens is 3. The Hall–Kier alpha value is -2.02. The monoisotopic (exact) mass is 399 g/mol. The molecule has 1 saturated heterocycles. The predicted molar refractivity (Wildman–Crippen MR) is 114 cm³/mol. The van der Waals surface area contributed by atoms with Gasteiger partial charge in [-0.25, -0.2) is 0 Å². The van der Waals surface area contributed by atoms with Crippen LogP contribution >= 0.6 is 11.8 Å². The van der Waals surface area contributed by atoms with E-state index in [1.54, 1.807) is 0 Å². The Morgan fingerprint density at radius 3 is 2.50 bits per heavy atom. The Balaban J connectivity index is 1.37. The number of piperidine rings is 1. The molecule has 2 fully saturated rings. The molecule has 0 unspecified atom stereocenters. The first kappa shape index (κ1) is 19.3. The van der Waals surface area contributed by atoms with Crippen molar-refractivity contribution in [2.45, 2.75) is 63.1 Å². The summed E-state index contributed by atoms with van der Waals surface area (Å²) in [6.07, 6.45) is 6.10. The number of carbonyl (C=O) groups is 1. The molecule has 4 rings (SSSR count). The van der Waals surface area contributed by atoms with Gasteiger partial charge in [0.25, 0.3) is 0 Å². The number of nitrogens with zero attached hydrogens (tertiary/aromatic N) is 4. The van der Waals surface area contributed by atoms with Crippen LogP contribution in [0.2, 0.25) is 0 Å². The Bertz CT molecular complexity index is 807. The minimum absolute atomic E-state index is 0.00725. The molecule has 1 aromatic heterocycles. The van der Waals surface area contributed by atoms with E-state index in [9.17, 15) is 4.79 Å². The van der Waals surface area contributed by atoms with Crippen LogP contribution in [0.25, 0.3) is 0 Å². The number of rotatable bonds is 7. The van der Waals surface area contributed by atoms with Crippen LogP contribution in [0.3, 0.4) is 0 Å². The van der Waals surface area contributed by atoms with Gasteiger partial charge in [-0.1, -0.05) is 37.7 Å². The summed E-state index contributed by atoms with van der Waals surface area (Å²) in [4.78, 5) is 14.8. The van der Waals surface area contributed by atoms with Gasteiger partial charge in [-0.3, -0.25) is 9.36 Å². The van der Waals surface area contributed by atoms with E-state index in [1.807, 2.05) is 12.1 Å². The molecule has 2 heterocycles. The molecule has 1 saturated carbocycles. The number of hydrogen-bond donors (Lipinski definition) is 1. The minimum Gasteiger partial charge on any atom is -0.341 e. The van der Waals surface area contributed by atoms with Crippen molar-refractivity contribution in [2.75, 3.05) is 29.1 Å². The molecule has 1 aliphatic heterocycles. The average Bonchev–Trinajstić information content (AvgIpc) is 3.46. The molecule has 28 heavy (non-hydrogen) atoms. The Kier molecular flexibility index (Phi) is 5.90. The summed E-state index contributed by atoms with van der Waals surface area (Å²) < 4.78 is 2.26. The molecule has 6 nitrogen and oxygen atoms in total. The van der Waals surface area contributed by atoms with Crippen LogP contribution in [-0.4, -0.2) is 39.5 Å². The van der Waals surface area contributed by atoms with Crippen molar-refractivity contribution in [1.82, 2.24) is 14.8 Å². The molecule has 2 aromatic rings. The van der Waals surface area contributed by atoms with Gasteiger partial charge in [0.1, 0.15) is 0 Å². The van der Waals surface area contributed by atoms with Gasteiger partial charge >= 0.3 is 0 Å². The number of anilines is 2. The van der Waals surface area contributed by atoms with Crippen LogP contribution in [0.15, 0.2) is 29.4 Å². The molecule has 7 heteroatoms. The summed E-state index contributed by atoms with van der Waals surface area (Å²) in [6.45, 7) is 6.45. The molecular formula is C21H29N5OS. The fourth-order valence-electron chi connectivity index (χ4n) is 3.61. The van der Waals surface area contributed by atoms with Crippen molar-refractivity contribution >= 4 is 29.3 Å². The van der Waals surface area contributed by atoms with Crippen LogP contribution in [0.4, 0.5) is 11.6 Å². The number of benzene rings is 1. The van der Waals surface area contributed by atoms with E-state index in [1.165, 1.54) is 49.4 Å². The lowest BCUT2D eigenvalue weighted by Crippen LogP contribution is -2.32. The van der Waals surface area contributed by atoms with E-state index in [2.05, 4.69) is 51.0 Å². The molecular weight excluding hydrogens is 370 g/mol. The highest BCUT2D eigenvalue weighted by Gasteiger charge is 2.32. The average molecular weight is 400 g/mol. The van der Waals surface area contributed by atoms with Crippen LogP contribution in [0, 0.1) is 0 Å². The van der Waals surface area contributed by atoms with E-state index in [0.29, 0.717) is 17.7 Å². The van der Waals surface area contributed by atoms with E-state index in [0.717, 1.165) is 29.9 Å². The third kappa shape index (κ3) is 4.51. The number of amides is 1. The van der Waals surface area contributed by atoms with E-state index >= 15 is 0 Å². The molecule has 1 aromatic carbocycles. The highest BCUT2D eigenvalue weighted by Crippen LogP contribution is 2.41. The maximum Gasteiger partial charge on any atom is 0.234 e. The summed E-state index contributed by atoms with van der Waals surface area (Å²) in [7, 11) is 0. The molecule has 0 atom stereocenters. The van der Waals surface area contributed by atoms with Gasteiger partial charge < -0.3 is 10.2 Å². The molecule has 2 aliphatic rings. The standard InChI is InChI=1S/C21H29N5OS/c1-15(2)16-6-8-17(9-7-16)22-19(27)14-28-21-24-23-20(26(21)18-10-11-18)25-12-4-3-5-13-25/h6-9,15,18H,3-5,10-14H2,1-2H3,(H,22,27). The second kappa shape index (κ2) is 8.55. The van der Waals surface area contributed by atoms with Gasteiger partial charge in [0.05, 0.1) is 5.75 Å². The Labute approximate surface area is 171 Å². The molecule has 1 amide bonds. The second-order valence-electron chi connectivity index (χ2n) is 8.05. The predicted octanol–water partition coefficient (Wildman–Crippen LogP) is 4.46. The maximum absolute atomic E-state index is 12.4. The zero-order valence-electron chi connectivity index (χ0n) is 16.7. The lowest BCUT2D eigenvalue weighted by molar-refractivity contribution is -0.113. The van der Waals surface area contributed by atoms with Gasteiger partial charge in [0, 0.05) is 24.8 Å². The second-order valence-corrected chi connectivity index (χ2v) is 8.99. The summed E-state index contributed by atoms with van der Waals surface area (Å²) in [5, 5.41) is 12.7. The summed E-state index contributed by atoms with van der Waals surface area (Å²) in [6, 6.07) is 8.59. The molecule has 0 spiro atoms. The summed E-state index contributed by atoms with van der Waals surface area (Å²) >= 11 is 1.49. The lowest BCUT2D eigenvalue weighted by Gasteiger charge is -2.27. The van der Waals surface area contributed by atoms with Gasteiger partial charge in [-0.2, -0.15) is 0 Å². The van der Waals surface area contributed by atoms with Gasteiger partial charge in [-0.15, -0.1) is 10.2 Å². The van der Waals surface area contributed by atoms with E-state index < -0.39 is 0 Å². The molecule has 0 radical (unpaired) electrons. The van der Waals surface area contributed by atoms with Crippen molar-refractivity contribution in [3.05, 3.63) is 29.8 Å². The van der Waals surface area contributed by atoms with Crippen molar-refractivity contribution < 1.29 is 4.79 Å². The largest absolute Gasteiger partial charge is 0.341 e. The molecule has 1 N–H and O–H groups in total. The number of hydrogen-bond acceptors (Lipinski definition) is 5. The number of nitrogens with one attached hydrogen (secondary N) is 1. The molecule has 150 valence electrons. The van der Waals surface area contributed by atoms with E-state index in [-0.39, 0.29) is 5.91 Å². The first-order chi connectivity index (χ1) is 13.6. The zero-order chi connectivity index (χ0) is 19.5. The minimum atomic E-state index is -0.00725. The number of carbonyl (C=O) groups excluding carboxylic acids is 1. The highest BCUT2D eigenvalue weighted by atomic mass is 32.2. The van der Waals surface area contributed by atoms with Crippen molar-refractivity contribution in [2.24, 2.45) is 0 Å². The fourth-order valence-corrected chi connectivity index (χ4v) is 4.41. The van der Waals surface area contributed by atoms with Gasteiger partial charge in [-0.05, 0) is 55.7 Å². The SMILES string of the molecule is CC(C)c1ccc(NC(=O)CSc2nnc(N3CCCCC3)n2C2CC2)cc1. The van der Waals surface area contributed by atoms with Crippen LogP contribution in [0.5, 0.6) is 0 Å². The fraction of sp³-hybridized carbons (Fsp3) is 0.571. The Morgan fingerprint density at radius 2 is 1.86 bits per heavy atom. The van der Waals surface area contributed by atoms with Crippen LogP contribution in [0.1, 0.15) is 63.5 Å². The Morgan fingerprint density at radius 1 is 1.14 bits per heavy atom. The summed E-state index contributed by atoms with van der Waals surface area (Å²) in [5.74, 6) is 1.82. The van der Waals surface area contributed by atoms with Crippen LogP contribution in [-0.2, 0) is 4.79 Å². The van der Waals surface area contributed by atoms with Crippen molar-refractivity contribution in [3.63, 3.8) is 0 Å². The van der Waals surface area contributed by atoms with Crippen LogP contribution < -0.4 is 10.2 Å². The third-order valence-corrected chi connectivity index (χ3v) is 6.33. The summed E-state index contributed by atoms with van der Waals surface area (Å²) in [5.41, 5.74) is 2.11. The van der Waals surface area contributed by atoms with Crippen molar-refractivity contribution in [1.29, 1.82) is 0 Å². The smallest absolute Gasteiger partial charge is 0.234 e. The van der Waals surface area contributed by atoms with Gasteiger partial charge in [0.15, 0.2) is 5.16 Å². The first-order valence-corrected chi connectivity index (χ1v) is 11.3. The first-order valence-electron chi connectivity index (χ1n) is 10.3. The number of thioether (sulfide) groups is 1. The van der Waals surface area contributed by atoms with Crippen molar-refractivity contribution in [3.8, 4) is 0 Å². The topological polar surface area (TPSA) is 63.1 Å². The third-order valence-electron chi connectivity index (χ3n) is 5.39. The molecule has 0 bridgehead atoms. The van der Waals surface area contributed by atoms with E-state index in [4.69, 9.17) is 0 Å².